The van der Waals surface area contributed by atoms with Gasteiger partial charge in [-0.15, -0.1) is 0 Å². The molecule has 1 aromatic rings. The van der Waals surface area contributed by atoms with Gasteiger partial charge in [-0.2, -0.15) is 0 Å². The molecule has 0 unspecified atom stereocenters. The van der Waals surface area contributed by atoms with Crippen LogP contribution in [0.5, 0.6) is 5.75 Å². The number of amides is 1. The number of ether oxygens (including phenoxy) is 1. The number of hydrogen-bond donors (Lipinski definition) is 2. The molecule has 1 amide bonds. The van der Waals surface area contributed by atoms with Crippen LogP contribution in [0.3, 0.4) is 0 Å². The molecule has 1 fully saturated rings. The topological polar surface area (TPSA) is 70.0 Å². The van der Waals surface area contributed by atoms with Crippen molar-refractivity contribution in [1.82, 2.24) is 4.90 Å². The molecule has 1 saturated heterocycles. The lowest BCUT2D eigenvalue weighted by molar-refractivity contribution is -0.129. The van der Waals surface area contributed by atoms with E-state index >= 15 is 0 Å². The highest BCUT2D eigenvalue weighted by atomic mass is 16.5. The molecule has 2 rings (SSSR count). The van der Waals surface area contributed by atoms with Crippen LogP contribution >= 0.6 is 0 Å². The summed E-state index contributed by atoms with van der Waals surface area (Å²) >= 11 is 0. The van der Waals surface area contributed by atoms with Crippen molar-refractivity contribution in [2.24, 2.45) is 5.92 Å². The molecule has 1 aliphatic rings. The predicted molar refractivity (Wildman–Crippen MR) is 78.8 cm³/mol. The Balaban J connectivity index is 2.08. The van der Waals surface area contributed by atoms with Crippen LogP contribution in [0.4, 0.5) is 0 Å². The Kier molecular flexibility index (Phi) is 5.59. The van der Waals surface area contributed by atoms with Crippen molar-refractivity contribution >= 4 is 5.91 Å². The molecular formula is C16H23NO4. The number of nitrogens with zero attached hydrogens (tertiary/aromatic N) is 1. The molecule has 5 heteroatoms. The minimum Gasteiger partial charge on any atom is -0.497 e. The van der Waals surface area contributed by atoms with Gasteiger partial charge < -0.3 is 19.8 Å². The van der Waals surface area contributed by atoms with Gasteiger partial charge in [-0.05, 0) is 30.5 Å². The normalized spacial score (nSPS) is 21.9. The number of carbonyl (C=O) groups is 1. The maximum atomic E-state index is 12.2. The number of likely N-dealkylation sites (tertiary alicyclic amines) is 1. The van der Waals surface area contributed by atoms with Crippen molar-refractivity contribution in [3.05, 3.63) is 29.8 Å². The molecule has 0 aromatic heterocycles. The van der Waals surface area contributed by atoms with Crippen LogP contribution in [-0.4, -0.2) is 47.4 Å². The molecule has 2 atom stereocenters. The first-order chi connectivity index (χ1) is 10.2. The van der Waals surface area contributed by atoms with Crippen LogP contribution in [0.2, 0.25) is 0 Å². The third kappa shape index (κ3) is 3.74. The molecule has 0 bridgehead atoms. The second-order valence-electron chi connectivity index (χ2n) is 5.45. The van der Waals surface area contributed by atoms with Crippen molar-refractivity contribution in [2.45, 2.75) is 31.8 Å². The molecule has 0 radical (unpaired) electrons. The zero-order valence-corrected chi connectivity index (χ0v) is 12.4. The molecule has 0 saturated carbocycles. The minimum absolute atomic E-state index is 0.0109. The number of methoxy groups -OCH3 is 1. The van der Waals surface area contributed by atoms with E-state index in [-0.39, 0.29) is 31.1 Å². The summed E-state index contributed by atoms with van der Waals surface area (Å²) in [5, 5.41) is 18.5. The Morgan fingerprint density at radius 3 is 2.57 bits per heavy atom. The molecule has 2 N–H and O–H groups in total. The fraction of sp³-hybridized carbons (Fsp3) is 0.562. The van der Waals surface area contributed by atoms with Gasteiger partial charge in [-0.25, -0.2) is 0 Å². The Hall–Kier alpha value is -1.59. The zero-order chi connectivity index (χ0) is 15.2. The van der Waals surface area contributed by atoms with E-state index in [2.05, 4.69) is 0 Å². The van der Waals surface area contributed by atoms with Crippen molar-refractivity contribution in [2.75, 3.05) is 20.3 Å². The summed E-state index contributed by atoms with van der Waals surface area (Å²) < 4.78 is 5.13. The summed E-state index contributed by atoms with van der Waals surface area (Å²) in [6.45, 7) is 0.662. The van der Waals surface area contributed by atoms with Crippen molar-refractivity contribution < 1.29 is 19.7 Å². The number of aliphatic hydroxyl groups excluding tert-OH is 2. The van der Waals surface area contributed by atoms with Gasteiger partial charge >= 0.3 is 0 Å². The van der Waals surface area contributed by atoms with Gasteiger partial charge in [0.15, 0.2) is 0 Å². The lowest BCUT2D eigenvalue weighted by Gasteiger charge is -2.27. The van der Waals surface area contributed by atoms with Gasteiger partial charge in [0.2, 0.25) is 5.91 Å². The SMILES string of the molecule is COc1ccc(CN2C(=O)C[C@@H](CO)[C@H]2CCCO)cc1. The molecule has 116 valence electrons. The maximum Gasteiger partial charge on any atom is 0.223 e. The van der Waals surface area contributed by atoms with Gasteiger partial charge in [0, 0.05) is 38.1 Å². The van der Waals surface area contributed by atoms with E-state index in [4.69, 9.17) is 9.84 Å². The van der Waals surface area contributed by atoms with Crippen LogP contribution in [0.15, 0.2) is 24.3 Å². The Bertz CT molecular complexity index is 460. The lowest BCUT2D eigenvalue weighted by atomic mass is 9.97. The number of carbonyl (C=O) groups excluding carboxylic acids is 1. The molecule has 5 nitrogen and oxygen atoms in total. The first-order valence-electron chi connectivity index (χ1n) is 7.33. The van der Waals surface area contributed by atoms with Gasteiger partial charge in [0.05, 0.1) is 7.11 Å². The van der Waals surface area contributed by atoms with E-state index in [1.165, 1.54) is 0 Å². The van der Waals surface area contributed by atoms with E-state index in [9.17, 15) is 9.90 Å². The van der Waals surface area contributed by atoms with Crippen LogP contribution < -0.4 is 4.74 Å². The molecule has 0 aliphatic carbocycles. The molecule has 1 heterocycles. The van der Waals surface area contributed by atoms with Crippen molar-refractivity contribution in [1.29, 1.82) is 0 Å². The quantitative estimate of drug-likeness (QED) is 0.792. The Morgan fingerprint density at radius 2 is 2.00 bits per heavy atom. The summed E-state index contributed by atoms with van der Waals surface area (Å²) in [6.07, 6.45) is 1.76. The predicted octanol–water partition coefficient (Wildman–Crippen LogP) is 1.18. The summed E-state index contributed by atoms with van der Waals surface area (Å²) in [6, 6.07) is 7.66. The third-order valence-electron chi connectivity index (χ3n) is 4.11. The highest BCUT2D eigenvalue weighted by Gasteiger charge is 2.38. The zero-order valence-electron chi connectivity index (χ0n) is 12.4. The van der Waals surface area contributed by atoms with Crippen LogP contribution in [-0.2, 0) is 11.3 Å². The lowest BCUT2D eigenvalue weighted by Crippen LogP contribution is -2.35. The summed E-state index contributed by atoms with van der Waals surface area (Å²) in [4.78, 5) is 14.0. The molecule has 1 aromatic carbocycles. The van der Waals surface area contributed by atoms with Crippen molar-refractivity contribution in [3.8, 4) is 5.75 Å². The van der Waals surface area contributed by atoms with Gasteiger partial charge in [0.25, 0.3) is 0 Å². The van der Waals surface area contributed by atoms with Crippen LogP contribution in [0.1, 0.15) is 24.8 Å². The smallest absolute Gasteiger partial charge is 0.223 e. The van der Waals surface area contributed by atoms with Crippen LogP contribution in [0.25, 0.3) is 0 Å². The molecule has 1 aliphatic heterocycles. The summed E-state index contributed by atoms with van der Waals surface area (Å²) in [5.74, 6) is 0.840. The highest BCUT2D eigenvalue weighted by molar-refractivity contribution is 5.79. The summed E-state index contributed by atoms with van der Waals surface area (Å²) in [7, 11) is 1.62. The van der Waals surface area contributed by atoms with E-state index < -0.39 is 0 Å². The Morgan fingerprint density at radius 1 is 1.29 bits per heavy atom. The number of rotatable bonds is 7. The average Bonchev–Trinajstić information content (AvgIpc) is 2.81. The van der Waals surface area contributed by atoms with Crippen LogP contribution in [0, 0.1) is 5.92 Å². The molecule has 21 heavy (non-hydrogen) atoms. The largest absolute Gasteiger partial charge is 0.497 e. The standard InChI is InChI=1S/C16H23NO4/c1-21-14-6-4-12(5-7-14)10-17-15(3-2-8-18)13(11-19)9-16(17)20/h4-7,13,15,18-19H,2-3,8-11H2,1H3/t13-,15+/m0/s1. The van der Waals surface area contributed by atoms with Gasteiger partial charge in [0.1, 0.15) is 5.75 Å². The average molecular weight is 293 g/mol. The van der Waals surface area contributed by atoms with E-state index in [0.717, 1.165) is 17.7 Å². The second kappa shape index (κ2) is 7.43. The van der Waals surface area contributed by atoms with Gasteiger partial charge in [-0.3, -0.25) is 4.79 Å². The Labute approximate surface area is 125 Å². The second-order valence-corrected chi connectivity index (χ2v) is 5.45. The first-order valence-corrected chi connectivity index (χ1v) is 7.33. The van der Waals surface area contributed by atoms with Gasteiger partial charge in [-0.1, -0.05) is 12.1 Å². The number of benzene rings is 1. The molecule has 0 spiro atoms. The fourth-order valence-electron chi connectivity index (χ4n) is 2.93. The van der Waals surface area contributed by atoms with Crippen molar-refractivity contribution in [3.63, 3.8) is 0 Å². The third-order valence-corrected chi connectivity index (χ3v) is 4.11. The molecular weight excluding hydrogens is 270 g/mol. The monoisotopic (exact) mass is 293 g/mol. The van der Waals surface area contributed by atoms with E-state index in [1.54, 1.807) is 7.11 Å². The number of aliphatic hydroxyl groups is 2. The first kappa shape index (κ1) is 15.8. The highest BCUT2D eigenvalue weighted by Crippen LogP contribution is 2.30. The minimum atomic E-state index is -0.0256. The maximum absolute atomic E-state index is 12.2. The number of hydrogen-bond acceptors (Lipinski definition) is 4. The summed E-state index contributed by atoms with van der Waals surface area (Å²) in [5.41, 5.74) is 1.04. The van der Waals surface area contributed by atoms with E-state index in [0.29, 0.717) is 19.4 Å². The fourth-order valence-corrected chi connectivity index (χ4v) is 2.93. The van der Waals surface area contributed by atoms with E-state index in [1.807, 2.05) is 29.2 Å².